The number of carbonyl (C=O) groups is 1. The predicted octanol–water partition coefficient (Wildman–Crippen LogP) is 2.54. The monoisotopic (exact) mass is 333 g/mol. The second-order valence-electron chi connectivity index (χ2n) is 5.17. The molecular weight excluding hydrogens is 314 g/mol. The van der Waals surface area contributed by atoms with Crippen LogP contribution in [-0.4, -0.2) is 34.8 Å². The number of nitro benzene ring substituents is 1. The summed E-state index contributed by atoms with van der Waals surface area (Å²) >= 11 is 0. The standard InChI is InChI=1S/C17H19NO6/c1-2-23-17(20)15(19)16(12-8-4-3-5-9-12)24-14-11-7-6-10-13(14)18(21)22/h3-4,6-8,10-11,15-16,19H,2,5,9H2,1H3/t15-,16-/m1/s1. The predicted molar refractivity (Wildman–Crippen MR) is 86.6 cm³/mol. The van der Waals surface area contributed by atoms with E-state index >= 15 is 0 Å². The van der Waals surface area contributed by atoms with Gasteiger partial charge in [-0.2, -0.15) is 0 Å². The summed E-state index contributed by atoms with van der Waals surface area (Å²) in [6.07, 6.45) is 4.19. The Kier molecular flexibility index (Phi) is 6.08. The van der Waals surface area contributed by atoms with Crippen molar-refractivity contribution in [2.45, 2.75) is 32.0 Å². The van der Waals surface area contributed by atoms with Crippen molar-refractivity contribution in [1.29, 1.82) is 0 Å². The fraction of sp³-hybridized carbons (Fsp3) is 0.353. The Labute approximate surface area is 139 Å². The number of nitro groups is 1. The van der Waals surface area contributed by atoms with Crippen LogP contribution in [0.25, 0.3) is 0 Å². The molecule has 0 bridgehead atoms. The third-order valence-electron chi connectivity index (χ3n) is 3.54. The molecule has 0 heterocycles. The van der Waals surface area contributed by atoms with Gasteiger partial charge < -0.3 is 14.6 Å². The number of allylic oxidation sites excluding steroid dienone is 3. The molecule has 0 unspecified atom stereocenters. The molecule has 1 aromatic rings. The van der Waals surface area contributed by atoms with E-state index in [1.165, 1.54) is 18.2 Å². The van der Waals surface area contributed by atoms with Crippen LogP contribution in [0.4, 0.5) is 5.69 Å². The van der Waals surface area contributed by atoms with Crippen LogP contribution in [0.2, 0.25) is 0 Å². The zero-order chi connectivity index (χ0) is 17.5. The minimum absolute atomic E-state index is 0.00805. The van der Waals surface area contributed by atoms with Gasteiger partial charge in [0.1, 0.15) is 0 Å². The summed E-state index contributed by atoms with van der Waals surface area (Å²) in [5, 5.41) is 21.4. The van der Waals surface area contributed by atoms with Crippen LogP contribution in [0.5, 0.6) is 5.75 Å². The fourth-order valence-corrected chi connectivity index (χ4v) is 2.40. The van der Waals surface area contributed by atoms with E-state index in [1.807, 2.05) is 6.08 Å². The van der Waals surface area contributed by atoms with Crippen molar-refractivity contribution >= 4 is 11.7 Å². The number of benzene rings is 1. The molecule has 1 aromatic carbocycles. The first-order chi connectivity index (χ1) is 11.5. The van der Waals surface area contributed by atoms with Gasteiger partial charge in [-0.25, -0.2) is 4.79 Å². The molecule has 0 saturated heterocycles. The van der Waals surface area contributed by atoms with Crippen LogP contribution in [0.15, 0.2) is 48.1 Å². The number of hydrogen-bond acceptors (Lipinski definition) is 6. The summed E-state index contributed by atoms with van der Waals surface area (Å²) in [5.74, 6) is -0.831. The molecule has 1 N–H and O–H groups in total. The van der Waals surface area contributed by atoms with Crippen molar-refractivity contribution in [3.05, 3.63) is 58.2 Å². The molecule has 1 aliphatic rings. The van der Waals surface area contributed by atoms with E-state index in [0.717, 1.165) is 6.42 Å². The zero-order valence-corrected chi connectivity index (χ0v) is 13.3. The molecule has 0 spiro atoms. The molecule has 0 aliphatic heterocycles. The first-order valence-corrected chi connectivity index (χ1v) is 7.65. The SMILES string of the molecule is CCOC(=O)[C@H](O)[C@H](Oc1ccccc1[N+](=O)[O-])C1=CC=CCC1. The second-order valence-corrected chi connectivity index (χ2v) is 5.17. The number of aliphatic hydroxyl groups excluding tert-OH is 1. The van der Waals surface area contributed by atoms with Crippen LogP contribution in [0.1, 0.15) is 19.8 Å². The van der Waals surface area contributed by atoms with Crippen LogP contribution in [0.3, 0.4) is 0 Å². The molecule has 2 rings (SSSR count). The number of carbonyl (C=O) groups excluding carboxylic acids is 1. The van der Waals surface area contributed by atoms with Gasteiger partial charge in [-0.05, 0) is 31.4 Å². The van der Waals surface area contributed by atoms with E-state index in [1.54, 1.807) is 25.1 Å². The molecule has 128 valence electrons. The quantitative estimate of drug-likeness (QED) is 0.468. The van der Waals surface area contributed by atoms with Gasteiger partial charge in [0.25, 0.3) is 0 Å². The summed E-state index contributed by atoms with van der Waals surface area (Å²) in [4.78, 5) is 22.5. The first-order valence-electron chi connectivity index (χ1n) is 7.65. The third-order valence-corrected chi connectivity index (χ3v) is 3.54. The Morgan fingerprint density at radius 3 is 2.79 bits per heavy atom. The van der Waals surface area contributed by atoms with E-state index in [4.69, 9.17) is 9.47 Å². The van der Waals surface area contributed by atoms with E-state index in [2.05, 4.69) is 0 Å². The van der Waals surface area contributed by atoms with E-state index < -0.39 is 23.1 Å². The number of esters is 1. The molecule has 7 nitrogen and oxygen atoms in total. The maximum absolute atomic E-state index is 11.9. The average Bonchev–Trinajstić information content (AvgIpc) is 2.60. The number of hydrogen-bond donors (Lipinski definition) is 1. The lowest BCUT2D eigenvalue weighted by atomic mass is 9.96. The van der Waals surface area contributed by atoms with Gasteiger partial charge in [0, 0.05) is 6.07 Å². The number of rotatable bonds is 7. The highest BCUT2D eigenvalue weighted by atomic mass is 16.6. The molecule has 0 fully saturated rings. The Morgan fingerprint density at radius 1 is 1.42 bits per heavy atom. The first kappa shape index (κ1) is 17.7. The van der Waals surface area contributed by atoms with Crippen molar-refractivity contribution in [2.75, 3.05) is 6.61 Å². The maximum Gasteiger partial charge on any atom is 0.339 e. The van der Waals surface area contributed by atoms with Crippen LogP contribution in [-0.2, 0) is 9.53 Å². The van der Waals surface area contributed by atoms with Crippen molar-refractivity contribution in [3.8, 4) is 5.75 Å². The second kappa shape index (κ2) is 8.26. The molecule has 2 atom stereocenters. The molecule has 0 aromatic heterocycles. The van der Waals surface area contributed by atoms with Gasteiger partial charge in [0.05, 0.1) is 11.5 Å². The van der Waals surface area contributed by atoms with Crippen LogP contribution >= 0.6 is 0 Å². The van der Waals surface area contributed by atoms with Gasteiger partial charge in [-0.3, -0.25) is 10.1 Å². The summed E-state index contributed by atoms with van der Waals surface area (Å²) in [6.45, 7) is 1.75. The normalized spacial score (nSPS) is 16.0. The number of nitrogens with zero attached hydrogens (tertiary/aromatic N) is 1. The van der Waals surface area contributed by atoms with E-state index in [-0.39, 0.29) is 18.0 Å². The molecular formula is C17H19NO6. The van der Waals surface area contributed by atoms with Gasteiger partial charge >= 0.3 is 11.7 Å². The maximum atomic E-state index is 11.9. The highest BCUT2D eigenvalue weighted by Gasteiger charge is 2.33. The van der Waals surface area contributed by atoms with Gasteiger partial charge in [-0.15, -0.1) is 0 Å². The number of aliphatic hydroxyl groups is 1. The largest absolute Gasteiger partial charge is 0.476 e. The van der Waals surface area contributed by atoms with E-state index in [0.29, 0.717) is 12.0 Å². The number of ether oxygens (including phenoxy) is 2. The lowest BCUT2D eigenvalue weighted by molar-refractivity contribution is -0.386. The zero-order valence-electron chi connectivity index (χ0n) is 13.3. The summed E-state index contributed by atoms with van der Waals surface area (Å²) in [7, 11) is 0. The van der Waals surface area contributed by atoms with Crippen molar-refractivity contribution in [3.63, 3.8) is 0 Å². The minimum Gasteiger partial charge on any atom is -0.476 e. The van der Waals surface area contributed by atoms with Crippen molar-refractivity contribution < 1.29 is 24.3 Å². The van der Waals surface area contributed by atoms with Gasteiger partial charge in [-0.1, -0.05) is 30.4 Å². The Hall–Kier alpha value is -2.67. The highest BCUT2D eigenvalue weighted by Crippen LogP contribution is 2.30. The Morgan fingerprint density at radius 2 is 2.17 bits per heavy atom. The van der Waals surface area contributed by atoms with Crippen molar-refractivity contribution in [1.82, 2.24) is 0 Å². The Bertz CT molecular complexity index is 667. The van der Waals surface area contributed by atoms with Crippen LogP contribution < -0.4 is 4.74 Å². The summed E-state index contributed by atoms with van der Waals surface area (Å²) in [6, 6.07) is 5.84. The van der Waals surface area contributed by atoms with E-state index in [9.17, 15) is 20.0 Å². The molecule has 0 saturated carbocycles. The van der Waals surface area contributed by atoms with Crippen LogP contribution in [0, 0.1) is 10.1 Å². The minimum atomic E-state index is -1.57. The molecule has 1 aliphatic carbocycles. The topological polar surface area (TPSA) is 98.9 Å². The molecule has 7 heteroatoms. The smallest absolute Gasteiger partial charge is 0.339 e. The third kappa shape index (κ3) is 4.20. The summed E-state index contributed by atoms with van der Waals surface area (Å²) in [5.41, 5.74) is 0.446. The molecule has 24 heavy (non-hydrogen) atoms. The summed E-state index contributed by atoms with van der Waals surface area (Å²) < 4.78 is 10.5. The van der Waals surface area contributed by atoms with Gasteiger partial charge in [0.2, 0.25) is 0 Å². The lowest BCUT2D eigenvalue weighted by Crippen LogP contribution is -2.41. The Balaban J connectivity index is 2.33. The van der Waals surface area contributed by atoms with Gasteiger partial charge in [0.15, 0.2) is 18.0 Å². The molecule has 0 radical (unpaired) electrons. The van der Waals surface area contributed by atoms with Crippen molar-refractivity contribution in [2.24, 2.45) is 0 Å². The fourth-order valence-electron chi connectivity index (χ4n) is 2.40. The average molecular weight is 333 g/mol. The number of para-hydroxylation sites is 2. The lowest BCUT2D eigenvalue weighted by Gasteiger charge is -2.26. The highest BCUT2D eigenvalue weighted by molar-refractivity contribution is 5.76. The molecule has 0 amide bonds.